The number of fused-ring (bicyclic) bond motifs is 1. The molecule has 2 heterocycles. The van der Waals surface area contributed by atoms with Gasteiger partial charge in [-0.2, -0.15) is 0 Å². The number of pyridine rings is 1. The van der Waals surface area contributed by atoms with Gasteiger partial charge in [0, 0.05) is 29.5 Å². The first kappa shape index (κ1) is 18.3. The summed E-state index contributed by atoms with van der Waals surface area (Å²) in [6, 6.07) is 7.81. The summed E-state index contributed by atoms with van der Waals surface area (Å²) >= 11 is 0. The third-order valence-corrected chi connectivity index (χ3v) is 5.32. The van der Waals surface area contributed by atoms with Gasteiger partial charge in [-0.05, 0) is 56.9 Å². The van der Waals surface area contributed by atoms with Crippen LogP contribution in [0.25, 0.3) is 11.2 Å². The number of anilines is 2. The maximum absolute atomic E-state index is 12.4. The third-order valence-electron chi connectivity index (χ3n) is 5.32. The predicted octanol–water partition coefficient (Wildman–Crippen LogP) is 3.64. The fraction of sp³-hybridized carbons (Fsp3) is 0.381. The molecule has 1 atom stereocenters. The van der Waals surface area contributed by atoms with Gasteiger partial charge in [0.25, 0.3) is 5.91 Å². The maximum atomic E-state index is 12.4. The van der Waals surface area contributed by atoms with E-state index in [0.29, 0.717) is 22.8 Å². The van der Waals surface area contributed by atoms with Crippen LogP contribution in [-0.2, 0) is 0 Å². The van der Waals surface area contributed by atoms with Gasteiger partial charge in [0.15, 0.2) is 5.65 Å². The summed E-state index contributed by atoms with van der Waals surface area (Å²) in [6.45, 7) is 6.03. The van der Waals surface area contributed by atoms with Crippen molar-refractivity contribution in [3.63, 3.8) is 0 Å². The van der Waals surface area contributed by atoms with Crippen molar-refractivity contribution in [2.45, 2.75) is 52.1 Å². The Bertz CT molecular complexity index is 1090. The summed E-state index contributed by atoms with van der Waals surface area (Å²) in [6.07, 6.45) is 4.63. The second kappa shape index (κ2) is 7.14. The lowest BCUT2D eigenvalue weighted by atomic mass is 10.1. The highest BCUT2D eigenvalue weighted by molar-refractivity contribution is 5.96. The lowest BCUT2D eigenvalue weighted by Crippen LogP contribution is -2.25. The molecular weight excluding hydrogens is 354 g/mol. The van der Waals surface area contributed by atoms with E-state index < -0.39 is 0 Å². The van der Waals surface area contributed by atoms with Gasteiger partial charge in [-0.15, -0.1) is 0 Å². The lowest BCUT2D eigenvalue weighted by molar-refractivity contribution is 0.0951. The average Bonchev–Trinajstić information content (AvgIpc) is 3.42. The molecule has 1 aliphatic carbocycles. The highest BCUT2D eigenvalue weighted by atomic mass is 16.2. The van der Waals surface area contributed by atoms with Gasteiger partial charge in [-0.3, -0.25) is 9.36 Å². The molecule has 3 aromatic rings. The molecule has 1 unspecified atom stereocenters. The zero-order valence-corrected chi connectivity index (χ0v) is 16.4. The Kier molecular flexibility index (Phi) is 4.66. The van der Waals surface area contributed by atoms with E-state index in [1.807, 2.05) is 45.0 Å². The quantitative estimate of drug-likeness (QED) is 0.610. The molecule has 4 rings (SSSR count). The van der Waals surface area contributed by atoms with Crippen molar-refractivity contribution in [3.8, 4) is 0 Å². The van der Waals surface area contributed by atoms with E-state index in [2.05, 4.69) is 20.6 Å². The number of carbonyl (C=O) groups is 1. The summed E-state index contributed by atoms with van der Waals surface area (Å²) in [5.41, 5.74) is 4.35. The average molecular weight is 379 g/mol. The van der Waals surface area contributed by atoms with Gasteiger partial charge in [0.05, 0.1) is 5.69 Å². The number of benzene rings is 1. The summed E-state index contributed by atoms with van der Waals surface area (Å²) in [5.74, 6) is -0.0539. The van der Waals surface area contributed by atoms with Crippen LogP contribution in [0.2, 0.25) is 0 Å². The van der Waals surface area contributed by atoms with Crippen LogP contribution in [0, 0.1) is 6.92 Å². The van der Waals surface area contributed by atoms with E-state index in [4.69, 9.17) is 0 Å². The minimum absolute atomic E-state index is 0.0539. The van der Waals surface area contributed by atoms with Gasteiger partial charge >= 0.3 is 5.69 Å². The van der Waals surface area contributed by atoms with E-state index in [1.54, 1.807) is 10.8 Å². The topological polar surface area (TPSA) is 91.8 Å². The second-order valence-corrected chi connectivity index (χ2v) is 7.52. The maximum Gasteiger partial charge on any atom is 0.327 e. The normalized spacial score (nSPS) is 14.8. The number of carbonyl (C=O) groups excluding carboxylic acids is 1. The molecule has 28 heavy (non-hydrogen) atoms. The largest absolute Gasteiger partial charge is 0.353 e. The number of nitrogens with zero attached hydrogens (tertiary/aromatic N) is 2. The van der Waals surface area contributed by atoms with Crippen LogP contribution < -0.4 is 16.3 Å². The smallest absolute Gasteiger partial charge is 0.327 e. The number of hydrogen-bond donors (Lipinski definition) is 3. The fourth-order valence-electron chi connectivity index (χ4n) is 3.26. The van der Waals surface area contributed by atoms with Crippen LogP contribution in [0.3, 0.4) is 0 Å². The molecule has 0 saturated heterocycles. The number of aromatic nitrogens is 3. The molecule has 0 spiro atoms. The Balaban J connectivity index is 1.70. The van der Waals surface area contributed by atoms with E-state index >= 15 is 0 Å². The minimum Gasteiger partial charge on any atom is -0.353 e. The van der Waals surface area contributed by atoms with Crippen molar-refractivity contribution in [1.82, 2.24) is 19.9 Å². The Morgan fingerprint density at radius 2 is 2.11 bits per heavy atom. The standard InChI is InChI=1S/C21H25N5O2/c1-4-13(3)26-19-18(25-21(26)28)16(9-10-22-19)24-17-11-14(6-5-12(17)2)20(27)23-15-7-8-15/h5-6,9-11,13,15H,4,7-8H2,1-3H3,(H,22,24)(H,23,27)(H,25,28). The Hall–Kier alpha value is -3.09. The number of H-pyrrole nitrogens is 1. The van der Waals surface area contributed by atoms with Crippen LogP contribution >= 0.6 is 0 Å². The van der Waals surface area contributed by atoms with Crippen LogP contribution in [0.4, 0.5) is 11.4 Å². The van der Waals surface area contributed by atoms with Crippen LogP contribution in [-0.4, -0.2) is 26.5 Å². The highest BCUT2D eigenvalue weighted by Gasteiger charge is 2.24. The van der Waals surface area contributed by atoms with Gasteiger partial charge in [-0.25, -0.2) is 9.78 Å². The SMILES string of the molecule is CCC(C)n1c(=O)[nH]c2c(Nc3cc(C(=O)NC4CC4)ccc3C)ccnc21. The van der Waals surface area contributed by atoms with Gasteiger partial charge in [0.2, 0.25) is 0 Å². The molecule has 7 heteroatoms. The molecule has 7 nitrogen and oxygen atoms in total. The van der Waals surface area contributed by atoms with Crippen molar-refractivity contribution in [2.75, 3.05) is 5.32 Å². The highest BCUT2D eigenvalue weighted by Crippen LogP contribution is 2.27. The number of rotatable bonds is 6. The Morgan fingerprint density at radius 3 is 2.82 bits per heavy atom. The van der Waals surface area contributed by atoms with Crippen LogP contribution in [0.5, 0.6) is 0 Å². The third kappa shape index (κ3) is 3.40. The molecule has 1 fully saturated rings. The molecule has 0 bridgehead atoms. The zero-order valence-electron chi connectivity index (χ0n) is 16.4. The first-order valence-corrected chi connectivity index (χ1v) is 9.75. The molecule has 1 amide bonds. The van der Waals surface area contributed by atoms with E-state index in [1.165, 1.54) is 0 Å². The monoisotopic (exact) mass is 379 g/mol. The molecule has 2 aromatic heterocycles. The molecule has 1 aliphatic rings. The number of imidazole rings is 1. The van der Waals surface area contributed by atoms with E-state index in [0.717, 1.165) is 36.2 Å². The minimum atomic E-state index is -0.166. The zero-order chi connectivity index (χ0) is 19.8. The molecule has 1 aromatic carbocycles. The second-order valence-electron chi connectivity index (χ2n) is 7.52. The summed E-state index contributed by atoms with van der Waals surface area (Å²) < 4.78 is 1.69. The van der Waals surface area contributed by atoms with E-state index in [9.17, 15) is 9.59 Å². The lowest BCUT2D eigenvalue weighted by Gasteiger charge is -2.13. The van der Waals surface area contributed by atoms with Crippen molar-refractivity contribution in [3.05, 3.63) is 52.1 Å². The molecule has 0 radical (unpaired) electrons. The molecule has 146 valence electrons. The Labute approximate surface area is 163 Å². The first-order valence-electron chi connectivity index (χ1n) is 9.75. The molecule has 0 aliphatic heterocycles. The van der Waals surface area contributed by atoms with Gasteiger partial charge in [0.1, 0.15) is 5.52 Å². The first-order chi connectivity index (χ1) is 13.5. The number of amides is 1. The van der Waals surface area contributed by atoms with Crippen molar-refractivity contribution >= 4 is 28.4 Å². The molecule has 1 saturated carbocycles. The van der Waals surface area contributed by atoms with Gasteiger partial charge in [-0.1, -0.05) is 13.0 Å². The van der Waals surface area contributed by atoms with Crippen molar-refractivity contribution in [2.24, 2.45) is 0 Å². The van der Waals surface area contributed by atoms with Crippen LogP contribution in [0.15, 0.2) is 35.3 Å². The van der Waals surface area contributed by atoms with Gasteiger partial charge < -0.3 is 15.6 Å². The summed E-state index contributed by atoms with van der Waals surface area (Å²) in [4.78, 5) is 32.2. The number of aromatic amines is 1. The predicted molar refractivity (Wildman–Crippen MR) is 110 cm³/mol. The fourth-order valence-corrected chi connectivity index (χ4v) is 3.26. The number of hydrogen-bond acceptors (Lipinski definition) is 4. The number of aryl methyl sites for hydroxylation is 1. The number of nitrogens with one attached hydrogen (secondary N) is 3. The van der Waals surface area contributed by atoms with Crippen LogP contribution in [0.1, 0.15) is 55.1 Å². The summed E-state index contributed by atoms with van der Waals surface area (Å²) in [7, 11) is 0. The Morgan fingerprint density at radius 1 is 1.32 bits per heavy atom. The van der Waals surface area contributed by atoms with E-state index in [-0.39, 0.29) is 17.6 Å². The molecule has 3 N–H and O–H groups in total. The molecular formula is C21H25N5O2. The van der Waals surface area contributed by atoms with Crippen molar-refractivity contribution < 1.29 is 4.79 Å². The van der Waals surface area contributed by atoms with Crippen molar-refractivity contribution in [1.29, 1.82) is 0 Å². The summed E-state index contributed by atoms with van der Waals surface area (Å²) in [5, 5.41) is 6.39.